The average molecular weight is 317 g/mol. The van der Waals surface area contributed by atoms with Crippen LogP contribution in [0.1, 0.15) is 29.6 Å². The normalized spacial score (nSPS) is 17.7. The SMILES string of the molecule is Cl.N[C@@H]1CCN(C(=O)CCC(=O)c2ccc(Cl)cc2)C1. The summed E-state index contributed by atoms with van der Waals surface area (Å²) in [5.41, 5.74) is 6.34. The standard InChI is InChI=1S/C14H17ClN2O2.ClH/c15-11-3-1-10(2-4-11)13(18)5-6-14(19)17-8-7-12(16)9-17;/h1-4,12H,5-9,16H2;1H/t12-;/m1./s1. The first kappa shape index (κ1) is 17.0. The number of hydrogen-bond acceptors (Lipinski definition) is 3. The first-order valence-corrected chi connectivity index (χ1v) is 6.76. The molecule has 0 aliphatic carbocycles. The van der Waals surface area contributed by atoms with E-state index in [1.165, 1.54) is 0 Å². The minimum Gasteiger partial charge on any atom is -0.341 e. The topological polar surface area (TPSA) is 63.4 Å². The molecule has 1 aliphatic rings. The summed E-state index contributed by atoms with van der Waals surface area (Å²) in [4.78, 5) is 25.5. The molecule has 2 N–H and O–H groups in total. The van der Waals surface area contributed by atoms with Gasteiger partial charge in [-0.1, -0.05) is 11.6 Å². The number of ketones is 1. The lowest BCUT2D eigenvalue weighted by atomic mass is 10.1. The average Bonchev–Trinajstić information content (AvgIpc) is 2.83. The van der Waals surface area contributed by atoms with Gasteiger partial charge in [-0.3, -0.25) is 9.59 Å². The fourth-order valence-electron chi connectivity index (χ4n) is 2.17. The molecule has 1 fully saturated rings. The lowest BCUT2D eigenvalue weighted by Gasteiger charge is -2.15. The number of nitrogens with two attached hydrogens (primary N) is 1. The fraction of sp³-hybridized carbons (Fsp3) is 0.429. The highest BCUT2D eigenvalue weighted by atomic mass is 35.5. The van der Waals surface area contributed by atoms with Gasteiger partial charge >= 0.3 is 0 Å². The lowest BCUT2D eigenvalue weighted by molar-refractivity contribution is -0.130. The van der Waals surface area contributed by atoms with Gasteiger partial charge in [0.1, 0.15) is 0 Å². The molecule has 1 atom stereocenters. The molecule has 1 amide bonds. The maximum atomic E-state index is 11.9. The molecule has 2 rings (SSSR count). The van der Waals surface area contributed by atoms with Gasteiger partial charge in [0.15, 0.2) is 5.78 Å². The van der Waals surface area contributed by atoms with E-state index in [-0.39, 0.29) is 43.0 Å². The smallest absolute Gasteiger partial charge is 0.223 e. The monoisotopic (exact) mass is 316 g/mol. The van der Waals surface area contributed by atoms with E-state index < -0.39 is 0 Å². The number of benzene rings is 1. The van der Waals surface area contributed by atoms with Crippen LogP contribution in [0.15, 0.2) is 24.3 Å². The Labute approximate surface area is 129 Å². The molecule has 1 aliphatic heterocycles. The molecule has 1 heterocycles. The van der Waals surface area contributed by atoms with Crippen LogP contribution in [0.2, 0.25) is 5.02 Å². The van der Waals surface area contributed by atoms with Crippen molar-refractivity contribution in [3.05, 3.63) is 34.9 Å². The van der Waals surface area contributed by atoms with Crippen LogP contribution < -0.4 is 5.73 Å². The minimum atomic E-state index is -0.0338. The summed E-state index contributed by atoms with van der Waals surface area (Å²) in [7, 11) is 0. The van der Waals surface area contributed by atoms with Crippen molar-refractivity contribution in [2.75, 3.05) is 13.1 Å². The molecule has 6 heteroatoms. The van der Waals surface area contributed by atoms with E-state index in [1.54, 1.807) is 29.2 Å². The molecule has 1 aromatic carbocycles. The molecule has 0 saturated carbocycles. The summed E-state index contributed by atoms with van der Waals surface area (Å²) < 4.78 is 0. The Morgan fingerprint density at radius 1 is 1.25 bits per heavy atom. The largest absolute Gasteiger partial charge is 0.341 e. The highest BCUT2D eigenvalue weighted by molar-refractivity contribution is 6.30. The third-order valence-corrected chi connectivity index (χ3v) is 3.56. The highest BCUT2D eigenvalue weighted by Crippen LogP contribution is 2.14. The van der Waals surface area contributed by atoms with E-state index in [0.717, 1.165) is 6.42 Å². The van der Waals surface area contributed by atoms with Gasteiger partial charge in [0.25, 0.3) is 0 Å². The first-order chi connectivity index (χ1) is 9.06. The number of hydrogen-bond donors (Lipinski definition) is 1. The molecule has 4 nitrogen and oxygen atoms in total. The van der Waals surface area contributed by atoms with Crippen molar-refractivity contribution in [2.24, 2.45) is 5.73 Å². The molecule has 1 saturated heterocycles. The van der Waals surface area contributed by atoms with Gasteiger partial charge < -0.3 is 10.6 Å². The minimum absolute atomic E-state index is 0. The van der Waals surface area contributed by atoms with Gasteiger partial charge in [-0.25, -0.2) is 0 Å². The van der Waals surface area contributed by atoms with Gasteiger partial charge in [-0.2, -0.15) is 0 Å². The summed E-state index contributed by atoms with van der Waals surface area (Å²) in [5.74, 6) is -0.0243. The van der Waals surface area contributed by atoms with Crippen molar-refractivity contribution >= 4 is 35.7 Å². The Hall–Kier alpha value is -1.10. The summed E-state index contributed by atoms with van der Waals surface area (Å²) in [6, 6.07) is 6.80. The van der Waals surface area contributed by atoms with Crippen LogP contribution in [0, 0.1) is 0 Å². The van der Waals surface area contributed by atoms with Crippen molar-refractivity contribution in [2.45, 2.75) is 25.3 Å². The quantitative estimate of drug-likeness (QED) is 0.867. The second-order valence-corrected chi connectivity index (χ2v) is 5.26. The molecule has 110 valence electrons. The van der Waals surface area contributed by atoms with Gasteiger partial charge in [0, 0.05) is 42.6 Å². The predicted molar refractivity (Wildman–Crippen MR) is 81.4 cm³/mol. The van der Waals surface area contributed by atoms with E-state index in [0.29, 0.717) is 23.7 Å². The molecular formula is C14H18Cl2N2O2. The van der Waals surface area contributed by atoms with Crippen LogP contribution in [0.5, 0.6) is 0 Å². The number of amides is 1. The van der Waals surface area contributed by atoms with E-state index in [4.69, 9.17) is 17.3 Å². The molecule has 1 aromatic rings. The number of rotatable bonds is 4. The van der Waals surface area contributed by atoms with E-state index in [2.05, 4.69) is 0 Å². The number of carbonyl (C=O) groups excluding carboxylic acids is 2. The predicted octanol–water partition coefficient (Wildman–Crippen LogP) is 2.28. The van der Waals surface area contributed by atoms with Crippen molar-refractivity contribution < 1.29 is 9.59 Å². The van der Waals surface area contributed by atoms with Gasteiger partial charge in [-0.05, 0) is 30.7 Å². The van der Waals surface area contributed by atoms with Crippen LogP contribution in [-0.4, -0.2) is 35.7 Å². The van der Waals surface area contributed by atoms with Crippen LogP contribution in [0.25, 0.3) is 0 Å². The molecule has 0 unspecified atom stereocenters. The maximum absolute atomic E-state index is 11.9. The number of Topliss-reactive ketones (excluding diaryl/α,β-unsaturated/α-hetero) is 1. The second kappa shape index (κ2) is 7.62. The summed E-state index contributed by atoms with van der Waals surface area (Å²) in [5, 5.41) is 0.596. The molecule has 20 heavy (non-hydrogen) atoms. The first-order valence-electron chi connectivity index (χ1n) is 6.38. The van der Waals surface area contributed by atoms with E-state index >= 15 is 0 Å². The van der Waals surface area contributed by atoms with Crippen molar-refractivity contribution in [1.82, 2.24) is 4.90 Å². The zero-order valence-electron chi connectivity index (χ0n) is 11.0. The van der Waals surface area contributed by atoms with Crippen LogP contribution >= 0.6 is 24.0 Å². The van der Waals surface area contributed by atoms with E-state index in [9.17, 15) is 9.59 Å². The Morgan fingerprint density at radius 3 is 2.45 bits per heavy atom. The third-order valence-electron chi connectivity index (χ3n) is 3.31. The highest BCUT2D eigenvalue weighted by Gasteiger charge is 2.23. The maximum Gasteiger partial charge on any atom is 0.223 e. The lowest BCUT2D eigenvalue weighted by Crippen LogP contribution is -2.32. The number of likely N-dealkylation sites (tertiary alicyclic amines) is 1. The zero-order chi connectivity index (χ0) is 13.8. The molecular weight excluding hydrogens is 299 g/mol. The van der Waals surface area contributed by atoms with Gasteiger partial charge in [-0.15, -0.1) is 12.4 Å². The summed E-state index contributed by atoms with van der Waals surface area (Å²) in [6.07, 6.45) is 1.32. The van der Waals surface area contributed by atoms with Gasteiger partial charge in [0.2, 0.25) is 5.91 Å². The van der Waals surface area contributed by atoms with Crippen molar-refractivity contribution in [3.63, 3.8) is 0 Å². The second-order valence-electron chi connectivity index (χ2n) is 4.82. The molecule has 0 radical (unpaired) electrons. The molecule has 0 spiro atoms. The summed E-state index contributed by atoms with van der Waals surface area (Å²) in [6.45, 7) is 1.31. The van der Waals surface area contributed by atoms with Gasteiger partial charge in [0.05, 0.1) is 0 Å². The van der Waals surface area contributed by atoms with Crippen LogP contribution in [-0.2, 0) is 4.79 Å². The van der Waals surface area contributed by atoms with Crippen LogP contribution in [0.4, 0.5) is 0 Å². The Bertz CT molecular complexity index is 477. The fourth-order valence-corrected chi connectivity index (χ4v) is 2.30. The Kier molecular flexibility index (Phi) is 6.46. The summed E-state index contributed by atoms with van der Waals surface area (Å²) >= 11 is 5.76. The van der Waals surface area contributed by atoms with Crippen LogP contribution in [0.3, 0.4) is 0 Å². The number of halogens is 2. The van der Waals surface area contributed by atoms with E-state index in [1.807, 2.05) is 0 Å². The number of nitrogens with zero attached hydrogens (tertiary/aromatic N) is 1. The third kappa shape index (κ3) is 4.47. The molecule has 0 aromatic heterocycles. The van der Waals surface area contributed by atoms with Crippen molar-refractivity contribution in [3.8, 4) is 0 Å². The zero-order valence-corrected chi connectivity index (χ0v) is 12.6. The number of carbonyl (C=O) groups is 2. The Balaban J connectivity index is 0.00000200. The Morgan fingerprint density at radius 2 is 1.90 bits per heavy atom. The molecule has 0 bridgehead atoms. The van der Waals surface area contributed by atoms with Crippen molar-refractivity contribution in [1.29, 1.82) is 0 Å².